The molecule has 1 aliphatic rings. The Balaban J connectivity index is 0.00000512. The average molecular weight is 560 g/mol. The summed E-state index contributed by atoms with van der Waals surface area (Å²) >= 11 is 0. The Morgan fingerprint density at radius 2 is 1.84 bits per heavy atom. The summed E-state index contributed by atoms with van der Waals surface area (Å²) in [7, 11) is 3.58. The van der Waals surface area contributed by atoms with Crippen LogP contribution in [0.3, 0.4) is 0 Å². The van der Waals surface area contributed by atoms with Crippen molar-refractivity contribution in [2.75, 3.05) is 53.4 Å². The monoisotopic (exact) mass is 559 g/mol. The minimum atomic E-state index is 0. The van der Waals surface area contributed by atoms with Gasteiger partial charge < -0.3 is 20.3 Å². The molecule has 1 aromatic carbocycles. The molecule has 1 heterocycles. The maximum absolute atomic E-state index is 5.25. The Labute approximate surface area is 213 Å². The zero-order valence-corrected chi connectivity index (χ0v) is 23.2. The van der Waals surface area contributed by atoms with Gasteiger partial charge in [0, 0.05) is 26.2 Å². The summed E-state index contributed by atoms with van der Waals surface area (Å²) in [6.07, 6.45) is 4.86. The molecule has 2 N–H and O–H groups in total. The molecule has 1 unspecified atom stereocenters. The maximum Gasteiger partial charge on any atom is 0.191 e. The van der Waals surface area contributed by atoms with Gasteiger partial charge in [-0.3, -0.25) is 9.89 Å². The number of ether oxygens (including phenoxy) is 1. The van der Waals surface area contributed by atoms with Crippen molar-refractivity contribution >= 4 is 29.9 Å². The normalized spacial score (nSPS) is 16.5. The van der Waals surface area contributed by atoms with Crippen LogP contribution < -0.4 is 15.4 Å². The molecule has 0 aliphatic carbocycles. The molecule has 184 valence electrons. The highest BCUT2D eigenvalue weighted by Gasteiger charge is 2.19. The number of hydrogen-bond donors (Lipinski definition) is 2. The Kier molecular flexibility index (Phi) is 15.0. The van der Waals surface area contributed by atoms with Gasteiger partial charge >= 0.3 is 0 Å². The number of methoxy groups -OCH3 is 1. The van der Waals surface area contributed by atoms with Crippen LogP contribution in [0.1, 0.15) is 52.0 Å². The first-order chi connectivity index (χ1) is 15.1. The second-order valence-corrected chi connectivity index (χ2v) is 8.74. The van der Waals surface area contributed by atoms with Crippen molar-refractivity contribution in [1.29, 1.82) is 0 Å². The van der Waals surface area contributed by atoms with E-state index in [9.17, 15) is 0 Å². The van der Waals surface area contributed by atoms with Crippen molar-refractivity contribution in [3.63, 3.8) is 0 Å². The lowest BCUT2D eigenvalue weighted by atomic mass is 9.96. The van der Waals surface area contributed by atoms with E-state index in [4.69, 9.17) is 4.74 Å². The van der Waals surface area contributed by atoms with E-state index >= 15 is 0 Å². The lowest BCUT2D eigenvalue weighted by Crippen LogP contribution is -2.45. The fraction of sp³-hybridized carbons (Fsp3) is 0.720. The summed E-state index contributed by atoms with van der Waals surface area (Å²) < 4.78 is 5.25. The number of hydrogen-bond acceptors (Lipinski definition) is 4. The molecule has 1 atom stereocenters. The van der Waals surface area contributed by atoms with E-state index in [-0.39, 0.29) is 24.0 Å². The highest BCUT2D eigenvalue weighted by Crippen LogP contribution is 2.19. The van der Waals surface area contributed by atoms with Gasteiger partial charge in [-0.05, 0) is 88.9 Å². The molecule has 6 nitrogen and oxygen atoms in total. The number of likely N-dealkylation sites (tertiary alicyclic amines) is 1. The van der Waals surface area contributed by atoms with E-state index in [0.29, 0.717) is 12.0 Å². The predicted molar refractivity (Wildman–Crippen MR) is 147 cm³/mol. The molecular formula is C25H46IN5O. The number of aliphatic imine (C=N–C) groups is 1. The van der Waals surface area contributed by atoms with E-state index in [1.165, 1.54) is 37.8 Å². The van der Waals surface area contributed by atoms with Gasteiger partial charge in [0.25, 0.3) is 0 Å². The first-order valence-electron chi connectivity index (χ1n) is 12.1. The summed E-state index contributed by atoms with van der Waals surface area (Å²) in [5.74, 6) is 2.58. The summed E-state index contributed by atoms with van der Waals surface area (Å²) in [5, 5.41) is 7.13. The van der Waals surface area contributed by atoms with Crippen LogP contribution >= 0.6 is 24.0 Å². The van der Waals surface area contributed by atoms with Crippen LogP contribution in [0, 0.1) is 5.92 Å². The Morgan fingerprint density at radius 3 is 2.41 bits per heavy atom. The zero-order chi connectivity index (χ0) is 22.5. The summed E-state index contributed by atoms with van der Waals surface area (Å²) in [6, 6.07) is 8.88. The fourth-order valence-electron chi connectivity index (χ4n) is 4.24. The smallest absolute Gasteiger partial charge is 0.191 e. The number of piperidine rings is 1. The second kappa shape index (κ2) is 16.5. The summed E-state index contributed by atoms with van der Waals surface area (Å²) in [5.41, 5.74) is 1.36. The molecule has 32 heavy (non-hydrogen) atoms. The zero-order valence-electron chi connectivity index (χ0n) is 20.9. The number of benzene rings is 1. The third-order valence-electron chi connectivity index (χ3n) is 6.44. The lowest BCUT2D eigenvalue weighted by molar-refractivity contribution is 0.178. The molecule has 1 aliphatic heterocycles. The minimum absolute atomic E-state index is 0. The lowest BCUT2D eigenvalue weighted by Gasteiger charge is -2.32. The molecule has 0 aromatic heterocycles. The molecule has 7 heteroatoms. The average Bonchev–Trinajstić information content (AvgIpc) is 2.81. The van der Waals surface area contributed by atoms with E-state index in [2.05, 4.69) is 70.5 Å². The van der Waals surface area contributed by atoms with Crippen LogP contribution in [-0.4, -0.2) is 75.2 Å². The van der Waals surface area contributed by atoms with E-state index in [0.717, 1.165) is 51.0 Å². The van der Waals surface area contributed by atoms with Gasteiger partial charge in [0.2, 0.25) is 0 Å². The quantitative estimate of drug-likeness (QED) is 0.229. The highest BCUT2D eigenvalue weighted by molar-refractivity contribution is 14.0. The van der Waals surface area contributed by atoms with Crippen molar-refractivity contribution in [3.8, 4) is 5.75 Å². The number of nitrogens with one attached hydrogen (secondary N) is 2. The maximum atomic E-state index is 5.25. The molecule has 0 amide bonds. The first kappa shape index (κ1) is 29.0. The van der Waals surface area contributed by atoms with Crippen LogP contribution in [0.2, 0.25) is 0 Å². The predicted octanol–water partition coefficient (Wildman–Crippen LogP) is 4.20. The Hall–Kier alpha value is -1.06. The van der Waals surface area contributed by atoms with Gasteiger partial charge in [-0.15, -0.1) is 24.0 Å². The molecule has 0 radical (unpaired) electrons. The summed E-state index contributed by atoms with van der Waals surface area (Å²) in [4.78, 5) is 9.48. The standard InChI is InChI=1S/C25H45N5O.HI/c1-6-29(7-2)16-8-9-21(3)28-25(26-4)27-19-22-14-17-30(18-15-22)20-23-10-12-24(31-5)13-11-23;/h10-13,21-22H,6-9,14-20H2,1-5H3,(H2,26,27,28);1H. The first-order valence-corrected chi connectivity index (χ1v) is 12.1. The molecular weight excluding hydrogens is 513 g/mol. The molecule has 0 saturated carbocycles. The molecule has 2 rings (SSSR count). The molecule has 1 aromatic rings. The summed E-state index contributed by atoms with van der Waals surface area (Å²) in [6.45, 7) is 14.5. The Morgan fingerprint density at radius 1 is 1.19 bits per heavy atom. The largest absolute Gasteiger partial charge is 0.497 e. The SMILES string of the molecule is CCN(CC)CCCC(C)NC(=NC)NCC1CCN(Cc2ccc(OC)cc2)CC1.I. The second-order valence-electron chi connectivity index (χ2n) is 8.74. The van der Waals surface area contributed by atoms with Gasteiger partial charge in [-0.1, -0.05) is 26.0 Å². The number of nitrogens with zero attached hydrogens (tertiary/aromatic N) is 3. The van der Waals surface area contributed by atoms with Gasteiger partial charge in [0.15, 0.2) is 5.96 Å². The van der Waals surface area contributed by atoms with Crippen molar-refractivity contribution in [2.45, 2.75) is 59.0 Å². The van der Waals surface area contributed by atoms with Crippen LogP contribution in [-0.2, 0) is 6.54 Å². The van der Waals surface area contributed by atoms with Gasteiger partial charge in [0.1, 0.15) is 5.75 Å². The third-order valence-corrected chi connectivity index (χ3v) is 6.44. The van der Waals surface area contributed by atoms with Crippen molar-refractivity contribution < 1.29 is 4.74 Å². The van der Waals surface area contributed by atoms with E-state index in [1.807, 2.05) is 7.05 Å². The van der Waals surface area contributed by atoms with Crippen LogP contribution in [0.5, 0.6) is 5.75 Å². The van der Waals surface area contributed by atoms with Crippen LogP contribution in [0.25, 0.3) is 0 Å². The Bertz CT molecular complexity index is 628. The third kappa shape index (κ3) is 10.7. The van der Waals surface area contributed by atoms with E-state index < -0.39 is 0 Å². The van der Waals surface area contributed by atoms with E-state index in [1.54, 1.807) is 7.11 Å². The number of guanidine groups is 1. The molecule has 0 bridgehead atoms. The van der Waals surface area contributed by atoms with Crippen molar-refractivity contribution in [1.82, 2.24) is 20.4 Å². The molecule has 1 fully saturated rings. The van der Waals surface area contributed by atoms with Gasteiger partial charge in [0.05, 0.1) is 7.11 Å². The molecule has 0 spiro atoms. The van der Waals surface area contributed by atoms with Crippen LogP contribution in [0.15, 0.2) is 29.3 Å². The van der Waals surface area contributed by atoms with Crippen LogP contribution in [0.4, 0.5) is 0 Å². The molecule has 1 saturated heterocycles. The highest BCUT2D eigenvalue weighted by atomic mass is 127. The van der Waals surface area contributed by atoms with Crippen molar-refractivity contribution in [2.24, 2.45) is 10.9 Å². The number of rotatable bonds is 12. The minimum Gasteiger partial charge on any atom is -0.497 e. The van der Waals surface area contributed by atoms with Gasteiger partial charge in [-0.2, -0.15) is 0 Å². The van der Waals surface area contributed by atoms with Gasteiger partial charge in [-0.25, -0.2) is 0 Å². The topological polar surface area (TPSA) is 52.1 Å². The fourth-order valence-corrected chi connectivity index (χ4v) is 4.24. The number of halogens is 1. The van der Waals surface area contributed by atoms with Crippen molar-refractivity contribution in [3.05, 3.63) is 29.8 Å².